The lowest BCUT2D eigenvalue weighted by Gasteiger charge is -2.40. The highest BCUT2D eigenvalue weighted by molar-refractivity contribution is 8.02. The second kappa shape index (κ2) is 14.1. The van der Waals surface area contributed by atoms with Crippen molar-refractivity contribution in [1.29, 1.82) is 0 Å². The fourth-order valence-corrected chi connectivity index (χ4v) is 10.4. The summed E-state index contributed by atoms with van der Waals surface area (Å²) in [6, 6.07) is 12.9. The number of anilines is 2. The number of aliphatic hydroxyl groups excluding tert-OH is 1. The highest BCUT2D eigenvalue weighted by Gasteiger charge is 2.78. The number of nitrogens with zero attached hydrogens (tertiary/aromatic N) is 3. The van der Waals surface area contributed by atoms with Crippen molar-refractivity contribution in [2.75, 3.05) is 36.1 Å². The van der Waals surface area contributed by atoms with E-state index in [1.54, 1.807) is 62.9 Å². The van der Waals surface area contributed by atoms with Crippen molar-refractivity contribution in [1.82, 2.24) is 4.90 Å². The molecule has 252 valence electrons. The normalized spacial score (nSPS) is 26.7. The van der Waals surface area contributed by atoms with Gasteiger partial charge in [-0.3, -0.25) is 14.4 Å². The topological polar surface area (TPSA) is 90.4 Å². The van der Waals surface area contributed by atoms with Gasteiger partial charge in [0.1, 0.15) is 11.8 Å². The number of aliphatic hydroxyl groups is 1. The molecule has 2 bridgehead atoms. The van der Waals surface area contributed by atoms with Crippen molar-refractivity contribution in [3.63, 3.8) is 0 Å². The van der Waals surface area contributed by atoms with Gasteiger partial charge in [0.15, 0.2) is 0 Å². The van der Waals surface area contributed by atoms with E-state index in [0.29, 0.717) is 48.0 Å². The van der Waals surface area contributed by atoms with Crippen molar-refractivity contribution in [2.24, 2.45) is 17.8 Å². The first-order valence-electron chi connectivity index (χ1n) is 16.4. The van der Waals surface area contributed by atoms with E-state index >= 15 is 0 Å². The van der Waals surface area contributed by atoms with Gasteiger partial charge in [0.2, 0.25) is 11.8 Å². The standard InChI is InChI=1S/C37H46ClN3O5S/c1-7-20-39(27-14-16-29(17-15-27)46-9-3)33(43)30-31-34(44)41(28(23-42)22-24(4)5)32(37(31)19-18-36(30,6)47-37)35(45)40(21-8-2)26-12-10-25(38)11-13-26/h7-8,10-17,24,28,30-32,42H,1-2,9,18-23H2,3-6H3/t28-,30-,31+,32?,36+,37?/m1/s1. The average molecular weight is 680 g/mol. The molecule has 0 aliphatic carbocycles. The third-order valence-corrected chi connectivity index (χ3v) is 12.1. The summed E-state index contributed by atoms with van der Waals surface area (Å²) in [5.41, 5.74) is 1.33. The lowest BCUT2D eigenvalue weighted by molar-refractivity contribution is -0.142. The molecule has 3 aliphatic rings. The van der Waals surface area contributed by atoms with Crippen LogP contribution in [-0.2, 0) is 14.4 Å². The van der Waals surface area contributed by atoms with Gasteiger partial charge >= 0.3 is 0 Å². The lowest BCUT2D eigenvalue weighted by atomic mass is 9.66. The number of fused-ring (bicyclic) bond motifs is 1. The Labute approximate surface area is 287 Å². The van der Waals surface area contributed by atoms with Gasteiger partial charge in [0, 0.05) is 34.2 Å². The zero-order valence-corrected chi connectivity index (χ0v) is 29.3. The highest BCUT2D eigenvalue weighted by Crippen LogP contribution is 2.72. The molecule has 3 saturated heterocycles. The first kappa shape index (κ1) is 35.0. The summed E-state index contributed by atoms with van der Waals surface area (Å²) in [5.74, 6) is -1.20. The van der Waals surface area contributed by atoms with Crippen molar-refractivity contribution >= 4 is 52.5 Å². The van der Waals surface area contributed by atoms with Crippen LogP contribution >= 0.6 is 23.4 Å². The van der Waals surface area contributed by atoms with Crippen LogP contribution in [0.15, 0.2) is 73.8 Å². The molecule has 47 heavy (non-hydrogen) atoms. The molecule has 0 saturated carbocycles. The second-order valence-corrected chi connectivity index (χ2v) is 15.7. The monoisotopic (exact) mass is 679 g/mol. The summed E-state index contributed by atoms with van der Waals surface area (Å²) in [6.07, 6.45) is 5.15. The molecule has 3 fully saturated rings. The van der Waals surface area contributed by atoms with E-state index in [1.165, 1.54) is 0 Å². The third-order valence-electron chi connectivity index (χ3n) is 9.82. The lowest BCUT2D eigenvalue weighted by Crippen LogP contribution is -2.58. The van der Waals surface area contributed by atoms with Gasteiger partial charge in [-0.05, 0) is 87.6 Å². The first-order chi connectivity index (χ1) is 22.5. The Hall–Kier alpha value is -3.27. The summed E-state index contributed by atoms with van der Waals surface area (Å²) in [6.45, 7) is 16.6. The predicted molar refractivity (Wildman–Crippen MR) is 190 cm³/mol. The molecule has 1 spiro atoms. The van der Waals surface area contributed by atoms with Crippen molar-refractivity contribution in [3.05, 3.63) is 78.9 Å². The molecule has 3 aliphatic heterocycles. The van der Waals surface area contributed by atoms with Gasteiger partial charge in [-0.2, -0.15) is 0 Å². The van der Waals surface area contributed by atoms with Crippen LogP contribution in [0.4, 0.5) is 11.4 Å². The summed E-state index contributed by atoms with van der Waals surface area (Å²) in [4.78, 5) is 49.7. The quantitative estimate of drug-likeness (QED) is 0.234. The van der Waals surface area contributed by atoms with E-state index in [9.17, 15) is 19.5 Å². The molecular weight excluding hydrogens is 634 g/mol. The second-order valence-electron chi connectivity index (χ2n) is 13.3. The Morgan fingerprint density at radius 1 is 1.04 bits per heavy atom. The maximum atomic E-state index is 15.0. The molecule has 5 rings (SSSR count). The third kappa shape index (κ3) is 6.22. The molecule has 0 aromatic heterocycles. The smallest absolute Gasteiger partial charge is 0.251 e. The number of hydrogen-bond acceptors (Lipinski definition) is 6. The Morgan fingerprint density at radius 2 is 1.62 bits per heavy atom. The van der Waals surface area contributed by atoms with Crippen LogP contribution in [0.2, 0.25) is 5.02 Å². The molecule has 6 atom stereocenters. The number of hydrogen-bond donors (Lipinski definition) is 1. The summed E-state index contributed by atoms with van der Waals surface area (Å²) >= 11 is 7.81. The molecule has 1 N–H and O–H groups in total. The zero-order chi connectivity index (χ0) is 34.1. The number of benzene rings is 2. The maximum absolute atomic E-state index is 15.0. The summed E-state index contributed by atoms with van der Waals surface area (Å²) in [5, 5.41) is 11.3. The number of carbonyl (C=O) groups excluding carboxylic acids is 3. The van der Waals surface area contributed by atoms with Crippen LogP contribution in [0.5, 0.6) is 5.75 Å². The van der Waals surface area contributed by atoms with Crippen molar-refractivity contribution < 1.29 is 24.2 Å². The molecule has 10 heteroatoms. The SMILES string of the molecule is C=CCN(C(=O)C1N([C@@H](CO)CC(C)C)C(=O)[C@@H]2[C@H](C(=O)N(CC=C)c3ccc(OCC)cc3)[C@]3(C)CCC12S3)c1ccc(Cl)cc1. The zero-order valence-electron chi connectivity index (χ0n) is 27.7. The van der Waals surface area contributed by atoms with Crippen LogP contribution in [0.1, 0.15) is 47.0 Å². The number of carbonyl (C=O) groups is 3. The van der Waals surface area contributed by atoms with Crippen LogP contribution in [0.25, 0.3) is 0 Å². The summed E-state index contributed by atoms with van der Waals surface area (Å²) in [7, 11) is 0. The van der Waals surface area contributed by atoms with Crippen LogP contribution in [0.3, 0.4) is 0 Å². The summed E-state index contributed by atoms with van der Waals surface area (Å²) < 4.78 is 4.21. The Bertz CT molecular complexity index is 1500. The number of amides is 3. The highest BCUT2D eigenvalue weighted by atomic mass is 35.5. The van der Waals surface area contributed by atoms with Crippen molar-refractivity contribution in [2.45, 2.75) is 68.5 Å². The van der Waals surface area contributed by atoms with Gasteiger partial charge in [-0.25, -0.2) is 0 Å². The van der Waals surface area contributed by atoms with Crippen molar-refractivity contribution in [3.8, 4) is 5.75 Å². The molecule has 2 aromatic rings. The van der Waals surface area contributed by atoms with E-state index < -0.39 is 33.4 Å². The fourth-order valence-electron chi connectivity index (χ4n) is 7.96. The van der Waals surface area contributed by atoms with E-state index in [1.807, 2.05) is 45.0 Å². The van der Waals surface area contributed by atoms with Gasteiger partial charge in [-0.15, -0.1) is 24.9 Å². The maximum Gasteiger partial charge on any atom is 0.251 e. The molecule has 3 amide bonds. The first-order valence-corrected chi connectivity index (χ1v) is 17.6. The number of thioether (sulfide) groups is 1. The largest absolute Gasteiger partial charge is 0.494 e. The van der Waals surface area contributed by atoms with Gasteiger partial charge in [0.05, 0.1) is 35.8 Å². The molecule has 2 aromatic carbocycles. The van der Waals surface area contributed by atoms with Crippen LogP contribution in [0, 0.1) is 17.8 Å². The molecule has 8 nitrogen and oxygen atoms in total. The Balaban J connectivity index is 1.61. The predicted octanol–water partition coefficient (Wildman–Crippen LogP) is 6.37. The minimum absolute atomic E-state index is 0.163. The van der Waals surface area contributed by atoms with E-state index in [2.05, 4.69) is 20.1 Å². The average Bonchev–Trinajstić information content (AvgIpc) is 3.62. The van der Waals surface area contributed by atoms with Crippen LogP contribution in [-0.4, -0.2) is 75.6 Å². The number of ether oxygens (including phenoxy) is 1. The Morgan fingerprint density at radius 3 is 2.15 bits per heavy atom. The molecule has 3 heterocycles. The minimum Gasteiger partial charge on any atom is -0.494 e. The molecule has 0 radical (unpaired) electrons. The molecule has 2 unspecified atom stereocenters. The number of halogens is 1. The number of likely N-dealkylation sites (tertiary alicyclic amines) is 1. The van der Waals surface area contributed by atoms with Gasteiger partial charge < -0.3 is 24.5 Å². The van der Waals surface area contributed by atoms with E-state index in [4.69, 9.17) is 16.3 Å². The van der Waals surface area contributed by atoms with E-state index in [0.717, 1.165) is 0 Å². The van der Waals surface area contributed by atoms with Gasteiger partial charge in [-0.1, -0.05) is 37.6 Å². The Kier molecular flexibility index (Phi) is 10.5. The van der Waals surface area contributed by atoms with E-state index in [-0.39, 0.29) is 43.3 Å². The minimum atomic E-state index is -0.880. The fraction of sp³-hybridized carbons (Fsp3) is 0.486. The van der Waals surface area contributed by atoms with Crippen LogP contribution < -0.4 is 14.5 Å². The number of rotatable bonds is 14. The molecular formula is C37H46ClN3O5S. The van der Waals surface area contributed by atoms with Gasteiger partial charge in [0.25, 0.3) is 5.91 Å².